The van der Waals surface area contributed by atoms with Crippen LogP contribution < -0.4 is 10.6 Å². The molecule has 2 amide bonds. The Bertz CT molecular complexity index is 2200. The molecule has 0 unspecified atom stereocenters. The lowest BCUT2D eigenvalue weighted by Gasteiger charge is -2.42. The third-order valence-electron chi connectivity index (χ3n) is 13.4. The summed E-state index contributed by atoms with van der Waals surface area (Å²) in [6.45, 7) is 8.65. The van der Waals surface area contributed by atoms with Crippen molar-refractivity contribution in [1.82, 2.24) is 28.9 Å². The Morgan fingerprint density at radius 3 is 1.86 bits per heavy atom. The zero-order valence-electron chi connectivity index (χ0n) is 33.4. The number of carbonyl (C=O) groups is 3. The van der Waals surface area contributed by atoms with Gasteiger partial charge in [-0.1, -0.05) is 42.8 Å². The van der Waals surface area contributed by atoms with Crippen molar-refractivity contribution < 1.29 is 24.2 Å². The molecule has 302 valence electrons. The Kier molecular flexibility index (Phi) is 11.0. The van der Waals surface area contributed by atoms with Gasteiger partial charge in [0.15, 0.2) is 11.6 Å². The van der Waals surface area contributed by atoms with E-state index in [0.717, 1.165) is 111 Å². The van der Waals surface area contributed by atoms with E-state index in [1.165, 1.54) is 0 Å². The maximum absolute atomic E-state index is 13.8. The lowest BCUT2D eigenvalue weighted by Crippen LogP contribution is -2.45. The summed E-state index contributed by atoms with van der Waals surface area (Å²) in [5, 5.41) is 16.4. The van der Waals surface area contributed by atoms with Gasteiger partial charge >= 0.3 is 5.97 Å². The van der Waals surface area contributed by atoms with Crippen LogP contribution in [0, 0.1) is 12.3 Å². The number of hydrogen-bond acceptors (Lipinski definition) is 8. The van der Waals surface area contributed by atoms with Crippen molar-refractivity contribution in [2.45, 2.75) is 96.8 Å². The number of nitrogens with one attached hydrogen (secondary N) is 2. The highest BCUT2D eigenvalue weighted by Gasteiger charge is 2.42. The van der Waals surface area contributed by atoms with Crippen molar-refractivity contribution in [3.05, 3.63) is 81.4 Å². The maximum Gasteiger partial charge on any atom is 0.309 e. The molecule has 2 fully saturated rings. The van der Waals surface area contributed by atoms with E-state index in [0.29, 0.717) is 65.9 Å². The Morgan fingerprint density at radius 1 is 0.807 bits per heavy atom. The molecule has 1 saturated heterocycles. The van der Waals surface area contributed by atoms with E-state index in [2.05, 4.69) is 20.4 Å². The van der Waals surface area contributed by atoms with E-state index in [1.807, 2.05) is 67.4 Å². The van der Waals surface area contributed by atoms with Crippen LogP contribution in [-0.2, 0) is 49.6 Å². The van der Waals surface area contributed by atoms with Gasteiger partial charge in [-0.2, -0.15) is 0 Å². The first kappa shape index (κ1) is 39.3. The number of carboxylic acid groups (broad SMARTS) is 1. The zero-order valence-corrected chi connectivity index (χ0v) is 34.1. The van der Waals surface area contributed by atoms with Crippen LogP contribution in [-0.4, -0.2) is 90.2 Å². The molecular formula is C43H53ClN8O5. The van der Waals surface area contributed by atoms with Gasteiger partial charge in [0.25, 0.3) is 11.8 Å². The molecule has 13 nitrogen and oxygen atoms in total. The number of ether oxygens (including phenoxy) is 1. The Labute approximate surface area is 338 Å². The van der Waals surface area contributed by atoms with Gasteiger partial charge in [0.1, 0.15) is 0 Å². The molecule has 4 aromatic rings. The number of aliphatic carboxylic acids is 1. The quantitative estimate of drug-likeness (QED) is 0.170. The first-order chi connectivity index (χ1) is 27.5. The number of rotatable bonds is 9. The monoisotopic (exact) mass is 796 g/mol. The van der Waals surface area contributed by atoms with Crippen LogP contribution in [0.1, 0.15) is 101 Å². The maximum atomic E-state index is 13.8. The predicted molar refractivity (Wildman–Crippen MR) is 219 cm³/mol. The summed E-state index contributed by atoms with van der Waals surface area (Å²) >= 11 is 7.04. The molecule has 2 aromatic carbocycles. The molecule has 0 atom stereocenters. The highest BCUT2D eigenvalue weighted by atomic mass is 35.5. The third kappa shape index (κ3) is 7.39. The number of anilines is 2. The number of fused-ring (bicyclic) bond motifs is 2. The molecule has 1 saturated carbocycles. The molecule has 57 heavy (non-hydrogen) atoms. The normalized spacial score (nSPS) is 21.8. The van der Waals surface area contributed by atoms with Crippen LogP contribution in [0.4, 0.5) is 11.4 Å². The minimum atomic E-state index is -0.678. The van der Waals surface area contributed by atoms with Gasteiger partial charge in [-0.25, -0.2) is 9.97 Å². The SMILES string of the molecule is CCC1(C(=O)O)CCC(N2CCc3c(nc(C(=O)Nc4cccc(-c5cccc(NC(=O)c6nc7c(n6C)CCN(C6CCOCC6)C7)c5Cl)c4C)n3C)C2)CC1. The van der Waals surface area contributed by atoms with Crippen molar-refractivity contribution in [1.29, 1.82) is 0 Å². The van der Waals surface area contributed by atoms with Crippen molar-refractivity contribution in [3.8, 4) is 11.1 Å². The summed E-state index contributed by atoms with van der Waals surface area (Å²) in [7, 11) is 3.79. The van der Waals surface area contributed by atoms with E-state index in [4.69, 9.17) is 26.3 Å². The van der Waals surface area contributed by atoms with E-state index >= 15 is 0 Å². The zero-order chi connectivity index (χ0) is 40.0. The molecule has 0 spiro atoms. The first-order valence-corrected chi connectivity index (χ1v) is 20.7. The Balaban J connectivity index is 0.948. The van der Waals surface area contributed by atoms with E-state index < -0.39 is 11.4 Å². The number of amides is 2. The second-order valence-corrected chi connectivity index (χ2v) is 16.7. The van der Waals surface area contributed by atoms with Crippen LogP contribution in [0.3, 0.4) is 0 Å². The first-order valence-electron chi connectivity index (χ1n) is 20.4. The van der Waals surface area contributed by atoms with Crippen LogP contribution in [0.2, 0.25) is 5.02 Å². The highest BCUT2D eigenvalue weighted by Crippen LogP contribution is 2.42. The average molecular weight is 797 g/mol. The number of nitrogens with zero attached hydrogens (tertiary/aromatic N) is 6. The van der Waals surface area contributed by atoms with E-state index in [1.54, 1.807) is 6.07 Å². The van der Waals surface area contributed by atoms with Gasteiger partial charge in [0, 0.05) is 101 Å². The number of carboxylic acids is 1. The summed E-state index contributed by atoms with van der Waals surface area (Å²) in [4.78, 5) is 54.1. The number of imidazole rings is 2. The number of halogens is 1. The Hall–Kier alpha value is -4.56. The largest absolute Gasteiger partial charge is 0.481 e. The minimum Gasteiger partial charge on any atom is -0.481 e. The van der Waals surface area contributed by atoms with Gasteiger partial charge in [0.2, 0.25) is 0 Å². The molecule has 0 radical (unpaired) electrons. The molecule has 8 rings (SSSR count). The Morgan fingerprint density at radius 2 is 1.32 bits per heavy atom. The molecule has 3 N–H and O–H groups in total. The predicted octanol–water partition coefficient (Wildman–Crippen LogP) is 6.61. The minimum absolute atomic E-state index is 0.300. The van der Waals surface area contributed by atoms with Crippen LogP contribution in [0.25, 0.3) is 11.1 Å². The second-order valence-electron chi connectivity index (χ2n) is 16.3. The fraction of sp³-hybridized carbons (Fsp3) is 0.512. The second kappa shape index (κ2) is 16.0. The summed E-state index contributed by atoms with van der Waals surface area (Å²) in [6, 6.07) is 12.0. The standard InChI is InChI=1S/C43H53ClN8O5/c1-5-43(42(55)56)18-12-27(13-19-43)51-20-14-35-33(24-51)45-38(49(35)3)40(53)47-31-10-6-8-29(26(31)2)30-9-7-11-32(37(30)44)48-41(54)39-46-34-25-52(21-15-36(34)50(39)4)28-16-22-57-23-17-28/h6-11,27-28H,5,12-25H2,1-4H3,(H,47,53)(H,48,54)(H,55,56). The molecule has 14 heteroatoms. The molecule has 5 heterocycles. The summed E-state index contributed by atoms with van der Waals surface area (Å²) in [5.74, 6) is -0.597. The number of aromatic nitrogens is 4. The summed E-state index contributed by atoms with van der Waals surface area (Å²) in [6.07, 6.45) is 7.39. The summed E-state index contributed by atoms with van der Waals surface area (Å²) in [5.41, 5.74) is 6.88. The van der Waals surface area contributed by atoms with Crippen LogP contribution in [0.15, 0.2) is 36.4 Å². The van der Waals surface area contributed by atoms with Gasteiger partial charge in [-0.05, 0) is 75.1 Å². The van der Waals surface area contributed by atoms with Gasteiger partial charge in [-0.15, -0.1) is 0 Å². The van der Waals surface area contributed by atoms with Crippen molar-refractivity contribution in [3.63, 3.8) is 0 Å². The molecule has 1 aliphatic carbocycles. The highest BCUT2D eigenvalue weighted by molar-refractivity contribution is 6.36. The molecular weight excluding hydrogens is 744 g/mol. The van der Waals surface area contributed by atoms with Crippen molar-refractivity contribution in [2.24, 2.45) is 19.5 Å². The van der Waals surface area contributed by atoms with Gasteiger partial charge < -0.3 is 29.6 Å². The third-order valence-corrected chi connectivity index (χ3v) is 13.8. The smallest absolute Gasteiger partial charge is 0.309 e. The number of benzene rings is 2. The summed E-state index contributed by atoms with van der Waals surface area (Å²) < 4.78 is 9.37. The fourth-order valence-corrected chi connectivity index (χ4v) is 9.95. The van der Waals surface area contributed by atoms with E-state index in [9.17, 15) is 19.5 Å². The molecule has 4 aliphatic rings. The number of carbonyl (C=O) groups excluding carboxylic acids is 2. The average Bonchev–Trinajstić information content (AvgIpc) is 3.75. The lowest BCUT2D eigenvalue weighted by atomic mass is 9.70. The van der Waals surface area contributed by atoms with Gasteiger partial charge in [-0.3, -0.25) is 24.2 Å². The van der Waals surface area contributed by atoms with E-state index in [-0.39, 0.29) is 11.8 Å². The molecule has 2 aromatic heterocycles. The molecule has 3 aliphatic heterocycles. The molecule has 0 bridgehead atoms. The van der Waals surface area contributed by atoms with Crippen LogP contribution in [0.5, 0.6) is 0 Å². The topological polar surface area (TPSA) is 147 Å². The van der Waals surface area contributed by atoms with Gasteiger partial charge in [0.05, 0.1) is 27.5 Å². The lowest BCUT2D eigenvalue weighted by molar-refractivity contribution is -0.152. The van der Waals surface area contributed by atoms with Crippen molar-refractivity contribution in [2.75, 3.05) is 36.9 Å². The number of hydrogen-bond donors (Lipinski definition) is 3. The fourth-order valence-electron chi connectivity index (χ4n) is 9.67. The van der Waals surface area contributed by atoms with Crippen molar-refractivity contribution >= 4 is 40.8 Å². The van der Waals surface area contributed by atoms with Crippen LogP contribution >= 0.6 is 11.6 Å².